The summed E-state index contributed by atoms with van der Waals surface area (Å²) in [5, 5.41) is 2.92. The minimum atomic E-state index is -3.83. The highest BCUT2D eigenvalue weighted by molar-refractivity contribution is 7.92. The SMILES string of the molecule is CCCCNC(=O)[C@@H](CC)N(Cc1ccccc1C)C(=O)CN(c1ccc2c(c1)OCO2)S(C)(=O)=O. The highest BCUT2D eigenvalue weighted by Crippen LogP contribution is 2.36. The average Bonchev–Trinajstić information content (AvgIpc) is 3.31. The van der Waals surface area contributed by atoms with E-state index in [1.54, 1.807) is 12.1 Å². The van der Waals surface area contributed by atoms with E-state index >= 15 is 0 Å². The summed E-state index contributed by atoms with van der Waals surface area (Å²) in [5.41, 5.74) is 2.15. The van der Waals surface area contributed by atoms with E-state index in [0.717, 1.165) is 34.5 Å². The van der Waals surface area contributed by atoms with E-state index in [-0.39, 0.29) is 24.9 Å². The quantitative estimate of drug-likeness (QED) is 0.434. The Kier molecular flexibility index (Phi) is 9.19. The van der Waals surface area contributed by atoms with Gasteiger partial charge in [-0.25, -0.2) is 8.42 Å². The molecule has 1 N–H and O–H groups in total. The van der Waals surface area contributed by atoms with Crippen LogP contribution in [0.4, 0.5) is 5.69 Å². The van der Waals surface area contributed by atoms with Gasteiger partial charge < -0.3 is 19.7 Å². The van der Waals surface area contributed by atoms with Crippen molar-refractivity contribution in [2.75, 3.05) is 30.4 Å². The lowest BCUT2D eigenvalue weighted by atomic mass is 10.1. The number of rotatable bonds is 12. The molecular formula is C26H35N3O6S. The Morgan fingerprint density at radius 1 is 1.08 bits per heavy atom. The van der Waals surface area contributed by atoms with Crippen LogP contribution in [-0.2, 0) is 26.2 Å². The molecule has 0 unspecified atom stereocenters. The molecule has 1 aliphatic rings. The number of ether oxygens (including phenoxy) is 2. The predicted molar refractivity (Wildman–Crippen MR) is 138 cm³/mol. The van der Waals surface area contributed by atoms with Gasteiger partial charge in [0.25, 0.3) is 0 Å². The summed E-state index contributed by atoms with van der Waals surface area (Å²) >= 11 is 0. The Balaban J connectivity index is 1.93. The number of fused-ring (bicyclic) bond motifs is 1. The zero-order valence-corrected chi connectivity index (χ0v) is 22.1. The van der Waals surface area contributed by atoms with Crippen LogP contribution in [0.15, 0.2) is 42.5 Å². The second-order valence-electron chi connectivity index (χ2n) is 8.82. The summed E-state index contributed by atoms with van der Waals surface area (Å²) in [4.78, 5) is 28.3. The fourth-order valence-corrected chi connectivity index (χ4v) is 4.89. The summed E-state index contributed by atoms with van der Waals surface area (Å²) in [7, 11) is -3.83. The second kappa shape index (κ2) is 12.1. The molecule has 2 aromatic carbocycles. The number of benzene rings is 2. The van der Waals surface area contributed by atoms with Crippen LogP contribution in [0.25, 0.3) is 0 Å². The molecule has 2 aromatic rings. The van der Waals surface area contributed by atoms with Crippen molar-refractivity contribution in [1.29, 1.82) is 0 Å². The van der Waals surface area contributed by atoms with E-state index in [9.17, 15) is 18.0 Å². The number of anilines is 1. The topological polar surface area (TPSA) is 105 Å². The Bertz CT molecular complexity index is 1180. The van der Waals surface area contributed by atoms with Crippen LogP contribution in [0.1, 0.15) is 44.2 Å². The lowest BCUT2D eigenvalue weighted by Gasteiger charge is -2.33. The van der Waals surface area contributed by atoms with Gasteiger partial charge in [0.05, 0.1) is 11.9 Å². The van der Waals surface area contributed by atoms with E-state index in [0.29, 0.717) is 24.5 Å². The number of nitrogens with one attached hydrogen (secondary N) is 1. The van der Waals surface area contributed by atoms with E-state index in [1.807, 2.05) is 45.0 Å². The minimum Gasteiger partial charge on any atom is -0.454 e. The van der Waals surface area contributed by atoms with E-state index in [4.69, 9.17) is 9.47 Å². The number of carbonyl (C=O) groups is 2. The number of amides is 2. The van der Waals surface area contributed by atoms with Gasteiger partial charge >= 0.3 is 0 Å². The number of carbonyl (C=O) groups excluding carboxylic acids is 2. The normalized spacial score (nSPS) is 13.2. The van der Waals surface area contributed by atoms with Crippen LogP contribution in [0.5, 0.6) is 11.5 Å². The van der Waals surface area contributed by atoms with Crippen LogP contribution in [-0.4, -0.2) is 57.3 Å². The lowest BCUT2D eigenvalue weighted by molar-refractivity contribution is -0.140. The fourth-order valence-electron chi connectivity index (χ4n) is 4.05. The molecule has 0 spiro atoms. The van der Waals surface area contributed by atoms with Crippen molar-refractivity contribution in [1.82, 2.24) is 10.2 Å². The molecule has 0 aliphatic carbocycles. The summed E-state index contributed by atoms with van der Waals surface area (Å²) in [6, 6.07) is 11.6. The molecule has 0 radical (unpaired) electrons. The molecule has 0 saturated carbocycles. The summed E-state index contributed by atoms with van der Waals surface area (Å²) in [5.74, 6) is 0.197. The van der Waals surface area contributed by atoms with Crippen LogP contribution >= 0.6 is 0 Å². The van der Waals surface area contributed by atoms with Crippen LogP contribution < -0.4 is 19.1 Å². The minimum absolute atomic E-state index is 0.0477. The molecule has 36 heavy (non-hydrogen) atoms. The van der Waals surface area contributed by atoms with Gasteiger partial charge in [-0.15, -0.1) is 0 Å². The number of hydrogen-bond acceptors (Lipinski definition) is 6. The van der Waals surface area contributed by atoms with Gasteiger partial charge in [0, 0.05) is 19.2 Å². The monoisotopic (exact) mass is 517 g/mol. The highest BCUT2D eigenvalue weighted by Gasteiger charge is 2.32. The van der Waals surface area contributed by atoms with Crippen molar-refractivity contribution in [2.24, 2.45) is 0 Å². The first-order valence-electron chi connectivity index (χ1n) is 12.1. The van der Waals surface area contributed by atoms with Gasteiger partial charge in [0.2, 0.25) is 28.6 Å². The van der Waals surface area contributed by atoms with Gasteiger partial charge in [0.15, 0.2) is 11.5 Å². The molecule has 1 aliphatic heterocycles. The standard InChI is InChI=1S/C26H35N3O6S/c1-5-7-14-27-26(31)22(6-2)28(16-20-11-9-8-10-19(20)3)25(30)17-29(36(4,32)33)21-12-13-23-24(15-21)35-18-34-23/h8-13,15,22H,5-7,14,16-18H2,1-4H3,(H,27,31)/t22-/m1/s1. The molecule has 10 heteroatoms. The highest BCUT2D eigenvalue weighted by atomic mass is 32.2. The number of nitrogens with zero attached hydrogens (tertiary/aromatic N) is 2. The Labute approximate surface area is 213 Å². The molecule has 1 atom stereocenters. The summed E-state index contributed by atoms with van der Waals surface area (Å²) in [6.07, 6.45) is 3.20. The van der Waals surface area contributed by atoms with Gasteiger partial charge in [-0.05, 0) is 43.0 Å². The first kappa shape index (κ1) is 27.3. The number of sulfonamides is 1. The van der Waals surface area contributed by atoms with E-state index in [1.165, 1.54) is 11.0 Å². The largest absolute Gasteiger partial charge is 0.454 e. The van der Waals surface area contributed by atoms with Crippen molar-refractivity contribution in [3.63, 3.8) is 0 Å². The van der Waals surface area contributed by atoms with E-state index in [2.05, 4.69) is 5.32 Å². The van der Waals surface area contributed by atoms with Crippen LogP contribution in [0, 0.1) is 6.92 Å². The molecule has 1 heterocycles. The third-order valence-electron chi connectivity index (χ3n) is 6.14. The van der Waals surface area contributed by atoms with E-state index < -0.39 is 28.5 Å². The first-order chi connectivity index (χ1) is 17.2. The molecule has 196 valence electrons. The second-order valence-corrected chi connectivity index (χ2v) is 10.7. The molecule has 9 nitrogen and oxygen atoms in total. The van der Waals surface area contributed by atoms with Crippen molar-refractivity contribution < 1.29 is 27.5 Å². The molecule has 0 saturated heterocycles. The van der Waals surface area contributed by atoms with Gasteiger partial charge in [-0.3, -0.25) is 13.9 Å². The zero-order valence-electron chi connectivity index (χ0n) is 21.3. The lowest BCUT2D eigenvalue weighted by Crippen LogP contribution is -2.52. The predicted octanol–water partition coefficient (Wildman–Crippen LogP) is 3.21. The van der Waals surface area contributed by atoms with Crippen LogP contribution in [0.2, 0.25) is 0 Å². The number of aryl methyl sites for hydroxylation is 1. The Morgan fingerprint density at radius 2 is 1.81 bits per heavy atom. The number of unbranched alkanes of at least 4 members (excludes halogenated alkanes) is 1. The summed E-state index contributed by atoms with van der Waals surface area (Å²) < 4.78 is 37.2. The van der Waals surface area contributed by atoms with Crippen molar-refractivity contribution in [3.8, 4) is 11.5 Å². The van der Waals surface area contributed by atoms with Crippen molar-refractivity contribution in [2.45, 2.75) is 52.6 Å². The van der Waals surface area contributed by atoms with Crippen molar-refractivity contribution in [3.05, 3.63) is 53.6 Å². The maximum atomic E-state index is 13.7. The summed E-state index contributed by atoms with van der Waals surface area (Å²) in [6.45, 7) is 6.11. The van der Waals surface area contributed by atoms with Gasteiger partial charge in [-0.1, -0.05) is 44.5 Å². The Hall–Kier alpha value is -3.27. The first-order valence-corrected chi connectivity index (χ1v) is 14.0. The third kappa shape index (κ3) is 6.69. The number of hydrogen-bond donors (Lipinski definition) is 1. The molecule has 3 rings (SSSR count). The third-order valence-corrected chi connectivity index (χ3v) is 7.28. The molecular weight excluding hydrogens is 482 g/mol. The smallest absolute Gasteiger partial charge is 0.244 e. The maximum absolute atomic E-state index is 13.7. The molecule has 2 amide bonds. The van der Waals surface area contributed by atoms with Crippen molar-refractivity contribution >= 4 is 27.5 Å². The molecule has 0 bridgehead atoms. The van der Waals surface area contributed by atoms with Gasteiger partial charge in [-0.2, -0.15) is 0 Å². The van der Waals surface area contributed by atoms with Crippen LogP contribution in [0.3, 0.4) is 0 Å². The Morgan fingerprint density at radius 3 is 2.47 bits per heavy atom. The molecule has 0 aromatic heterocycles. The average molecular weight is 518 g/mol. The molecule has 0 fully saturated rings. The fraction of sp³-hybridized carbons (Fsp3) is 0.462. The van der Waals surface area contributed by atoms with Gasteiger partial charge in [0.1, 0.15) is 12.6 Å². The zero-order chi connectivity index (χ0) is 26.3. The maximum Gasteiger partial charge on any atom is 0.244 e.